The van der Waals surface area contributed by atoms with Gasteiger partial charge in [-0.05, 0) is 38.8 Å². The van der Waals surface area contributed by atoms with Crippen molar-refractivity contribution in [3.05, 3.63) is 0 Å². The number of ketones is 1. The minimum Gasteiger partial charge on any atom is -0.306 e. The molecule has 2 atom stereocenters. The predicted molar refractivity (Wildman–Crippen MR) is 63.9 cm³/mol. The van der Waals surface area contributed by atoms with Crippen molar-refractivity contribution in [3.63, 3.8) is 0 Å². The highest BCUT2D eigenvalue weighted by molar-refractivity contribution is 5.82. The van der Waals surface area contributed by atoms with Crippen molar-refractivity contribution in [2.24, 2.45) is 11.8 Å². The van der Waals surface area contributed by atoms with Crippen molar-refractivity contribution in [3.8, 4) is 0 Å². The number of hydrogen-bond acceptors (Lipinski definition) is 2. The van der Waals surface area contributed by atoms with Crippen LogP contribution >= 0.6 is 0 Å². The monoisotopic (exact) mass is 211 g/mol. The lowest BCUT2D eigenvalue weighted by Crippen LogP contribution is -2.27. The second-order valence-corrected chi connectivity index (χ2v) is 5.12. The first-order valence-corrected chi connectivity index (χ1v) is 6.34. The molecule has 0 aromatic carbocycles. The van der Waals surface area contributed by atoms with E-state index >= 15 is 0 Å². The molecule has 88 valence electrons. The van der Waals surface area contributed by atoms with Crippen LogP contribution in [0.3, 0.4) is 0 Å². The summed E-state index contributed by atoms with van der Waals surface area (Å²) in [5.74, 6) is 1.66. The minimum absolute atomic E-state index is 0.379. The van der Waals surface area contributed by atoms with Gasteiger partial charge >= 0.3 is 0 Å². The van der Waals surface area contributed by atoms with Gasteiger partial charge < -0.3 is 4.90 Å². The highest BCUT2D eigenvalue weighted by Gasteiger charge is 2.24. The third-order valence-electron chi connectivity index (χ3n) is 3.61. The summed E-state index contributed by atoms with van der Waals surface area (Å²) in [6, 6.07) is 0. The molecule has 0 spiro atoms. The Hall–Kier alpha value is -0.370. The van der Waals surface area contributed by atoms with Crippen molar-refractivity contribution in [1.29, 1.82) is 0 Å². The average Bonchev–Trinajstić information content (AvgIpc) is 2.61. The van der Waals surface area contributed by atoms with Crippen LogP contribution in [0.4, 0.5) is 0 Å². The molecular formula is C13H25NO. The van der Waals surface area contributed by atoms with Crippen LogP contribution in [-0.4, -0.2) is 30.8 Å². The van der Waals surface area contributed by atoms with E-state index in [0.717, 1.165) is 44.7 Å². The molecule has 0 aromatic rings. The van der Waals surface area contributed by atoms with E-state index in [1.54, 1.807) is 0 Å². The summed E-state index contributed by atoms with van der Waals surface area (Å²) in [6.07, 6.45) is 5.41. The Morgan fingerprint density at radius 3 is 2.80 bits per heavy atom. The summed E-state index contributed by atoms with van der Waals surface area (Å²) in [7, 11) is 2.17. The lowest BCUT2D eigenvalue weighted by molar-refractivity contribution is -0.120. The third-order valence-corrected chi connectivity index (χ3v) is 3.61. The average molecular weight is 211 g/mol. The van der Waals surface area contributed by atoms with Crippen molar-refractivity contribution in [1.82, 2.24) is 4.90 Å². The molecule has 1 rings (SSSR count). The Kier molecular flexibility index (Phi) is 5.30. The third kappa shape index (κ3) is 4.33. The van der Waals surface area contributed by atoms with Gasteiger partial charge in [0, 0.05) is 18.9 Å². The maximum Gasteiger partial charge on any atom is 0.136 e. The summed E-state index contributed by atoms with van der Waals surface area (Å²) in [6.45, 7) is 6.77. The van der Waals surface area contributed by atoms with E-state index in [1.807, 2.05) is 0 Å². The second kappa shape index (κ2) is 6.26. The maximum atomic E-state index is 11.4. The molecule has 2 heteroatoms. The Balaban J connectivity index is 2.16. The molecule has 0 aromatic heterocycles. The summed E-state index contributed by atoms with van der Waals surface area (Å²) in [5.41, 5.74) is 0. The standard InChI is InChI=1S/C13H25NO/c1-4-11(2)10-14(3)9-8-12-6-5-7-13(12)15/h11-12H,4-10H2,1-3H3. The van der Waals surface area contributed by atoms with Gasteiger partial charge in [0.05, 0.1) is 0 Å². The molecule has 0 heterocycles. The van der Waals surface area contributed by atoms with Gasteiger partial charge in [-0.2, -0.15) is 0 Å². The van der Waals surface area contributed by atoms with Crippen molar-refractivity contribution in [2.75, 3.05) is 20.1 Å². The number of Topliss-reactive ketones (excluding diaryl/α,β-unsaturated/α-hetero) is 1. The van der Waals surface area contributed by atoms with Gasteiger partial charge in [0.2, 0.25) is 0 Å². The molecule has 0 bridgehead atoms. The minimum atomic E-state index is 0.379. The zero-order valence-electron chi connectivity index (χ0n) is 10.5. The number of rotatable bonds is 6. The van der Waals surface area contributed by atoms with E-state index < -0.39 is 0 Å². The van der Waals surface area contributed by atoms with E-state index in [-0.39, 0.29) is 0 Å². The van der Waals surface area contributed by atoms with Crippen LogP contribution in [0, 0.1) is 11.8 Å². The number of carbonyl (C=O) groups excluding carboxylic acids is 1. The fourth-order valence-corrected chi connectivity index (χ4v) is 2.32. The Morgan fingerprint density at radius 1 is 1.53 bits per heavy atom. The molecule has 0 N–H and O–H groups in total. The molecule has 0 amide bonds. The summed E-state index contributed by atoms with van der Waals surface area (Å²) in [4.78, 5) is 13.8. The summed E-state index contributed by atoms with van der Waals surface area (Å²) >= 11 is 0. The normalized spacial score (nSPS) is 23.7. The quantitative estimate of drug-likeness (QED) is 0.673. The summed E-state index contributed by atoms with van der Waals surface area (Å²) in [5, 5.41) is 0. The number of nitrogens with zero attached hydrogens (tertiary/aromatic N) is 1. The molecule has 1 aliphatic carbocycles. The fraction of sp³-hybridized carbons (Fsp3) is 0.923. The van der Waals surface area contributed by atoms with Gasteiger partial charge in [-0.1, -0.05) is 20.3 Å². The first kappa shape index (κ1) is 12.7. The van der Waals surface area contributed by atoms with Gasteiger partial charge in [-0.15, -0.1) is 0 Å². The Morgan fingerprint density at radius 2 is 2.27 bits per heavy atom. The molecule has 1 saturated carbocycles. The van der Waals surface area contributed by atoms with Crippen molar-refractivity contribution >= 4 is 5.78 Å². The van der Waals surface area contributed by atoms with Gasteiger partial charge in [0.25, 0.3) is 0 Å². The van der Waals surface area contributed by atoms with E-state index in [4.69, 9.17) is 0 Å². The maximum absolute atomic E-state index is 11.4. The van der Waals surface area contributed by atoms with E-state index in [2.05, 4.69) is 25.8 Å². The van der Waals surface area contributed by atoms with Crippen LogP contribution in [0.25, 0.3) is 0 Å². The molecule has 1 fully saturated rings. The molecule has 2 unspecified atom stereocenters. The van der Waals surface area contributed by atoms with Crippen LogP contribution in [0.15, 0.2) is 0 Å². The van der Waals surface area contributed by atoms with Gasteiger partial charge in [0.1, 0.15) is 5.78 Å². The smallest absolute Gasteiger partial charge is 0.136 e. The lowest BCUT2D eigenvalue weighted by Gasteiger charge is -2.21. The number of hydrogen-bond donors (Lipinski definition) is 0. The Labute approximate surface area is 94.0 Å². The molecule has 0 radical (unpaired) electrons. The highest BCUT2D eigenvalue weighted by Crippen LogP contribution is 2.24. The molecule has 15 heavy (non-hydrogen) atoms. The molecule has 0 aliphatic heterocycles. The van der Waals surface area contributed by atoms with E-state index in [1.165, 1.54) is 6.42 Å². The van der Waals surface area contributed by atoms with Crippen LogP contribution < -0.4 is 0 Å². The van der Waals surface area contributed by atoms with E-state index in [9.17, 15) is 4.79 Å². The van der Waals surface area contributed by atoms with Gasteiger partial charge in [0.15, 0.2) is 0 Å². The van der Waals surface area contributed by atoms with Crippen LogP contribution in [0.2, 0.25) is 0 Å². The molecule has 1 aliphatic rings. The van der Waals surface area contributed by atoms with Crippen LogP contribution in [0.5, 0.6) is 0 Å². The predicted octanol–water partition coefficient (Wildman–Crippen LogP) is 2.72. The highest BCUT2D eigenvalue weighted by atomic mass is 16.1. The van der Waals surface area contributed by atoms with Crippen LogP contribution in [0.1, 0.15) is 46.0 Å². The lowest BCUT2D eigenvalue weighted by atomic mass is 10.0. The first-order chi connectivity index (χ1) is 7.13. The zero-order chi connectivity index (χ0) is 11.3. The molecule has 2 nitrogen and oxygen atoms in total. The molecular weight excluding hydrogens is 186 g/mol. The van der Waals surface area contributed by atoms with Gasteiger partial charge in [-0.25, -0.2) is 0 Å². The molecule has 0 saturated heterocycles. The Bertz CT molecular complexity index is 203. The SMILES string of the molecule is CCC(C)CN(C)CCC1CCCC1=O. The number of carbonyl (C=O) groups is 1. The fourth-order valence-electron chi connectivity index (χ4n) is 2.32. The van der Waals surface area contributed by atoms with Gasteiger partial charge in [-0.3, -0.25) is 4.79 Å². The van der Waals surface area contributed by atoms with Crippen molar-refractivity contribution in [2.45, 2.75) is 46.0 Å². The summed E-state index contributed by atoms with van der Waals surface area (Å²) < 4.78 is 0. The largest absolute Gasteiger partial charge is 0.306 e. The topological polar surface area (TPSA) is 20.3 Å². The van der Waals surface area contributed by atoms with Crippen molar-refractivity contribution < 1.29 is 4.79 Å². The zero-order valence-corrected chi connectivity index (χ0v) is 10.5. The second-order valence-electron chi connectivity index (χ2n) is 5.12. The van der Waals surface area contributed by atoms with Crippen LogP contribution in [-0.2, 0) is 4.79 Å². The van der Waals surface area contributed by atoms with E-state index in [0.29, 0.717) is 11.7 Å². The first-order valence-electron chi connectivity index (χ1n) is 6.34.